The lowest BCUT2D eigenvalue weighted by molar-refractivity contribution is -0.122. The second-order valence-corrected chi connectivity index (χ2v) is 5.33. The first-order chi connectivity index (χ1) is 6.20. The van der Waals surface area contributed by atoms with Crippen molar-refractivity contribution < 1.29 is 4.79 Å². The van der Waals surface area contributed by atoms with Crippen LogP contribution in [0.4, 0.5) is 0 Å². The van der Waals surface area contributed by atoms with Gasteiger partial charge in [0.05, 0.1) is 0 Å². The lowest BCUT2D eigenvalue weighted by atomic mass is 9.78. The molecule has 3 rings (SSSR count). The van der Waals surface area contributed by atoms with E-state index in [4.69, 9.17) is 0 Å². The van der Waals surface area contributed by atoms with Gasteiger partial charge in [-0.1, -0.05) is 6.92 Å². The molecule has 2 aliphatic carbocycles. The van der Waals surface area contributed by atoms with Crippen LogP contribution in [-0.2, 0) is 4.79 Å². The Morgan fingerprint density at radius 1 is 1.38 bits per heavy atom. The van der Waals surface area contributed by atoms with E-state index in [9.17, 15) is 4.79 Å². The predicted molar refractivity (Wildman–Crippen MR) is 50.1 cm³/mol. The minimum atomic E-state index is 0.249. The average molecular weight is 179 g/mol. The molecule has 0 aromatic rings. The molecular weight excluding hydrogens is 162 g/mol. The fourth-order valence-corrected chi connectivity index (χ4v) is 3.91. The number of fused-ring (bicyclic) bond motifs is 3. The van der Waals surface area contributed by atoms with Gasteiger partial charge in [-0.3, -0.25) is 4.79 Å². The summed E-state index contributed by atoms with van der Waals surface area (Å²) >= 11 is 0. The molecule has 3 aliphatic rings. The molecule has 1 spiro atoms. The van der Waals surface area contributed by atoms with Crippen LogP contribution in [0.5, 0.6) is 0 Å². The van der Waals surface area contributed by atoms with E-state index in [2.05, 4.69) is 12.2 Å². The molecule has 1 N–H and O–H groups in total. The summed E-state index contributed by atoms with van der Waals surface area (Å²) in [6, 6.07) is 0. The number of hydrogen-bond donors (Lipinski definition) is 1. The van der Waals surface area contributed by atoms with E-state index in [1.807, 2.05) is 0 Å². The third-order valence-corrected chi connectivity index (χ3v) is 4.47. The fraction of sp³-hybridized carbons (Fsp3) is 0.909. The van der Waals surface area contributed by atoms with Crippen LogP contribution >= 0.6 is 0 Å². The normalized spacial score (nSPS) is 53.3. The van der Waals surface area contributed by atoms with Crippen molar-refractivity contribution in [3.63, 3.8) is 0 Å². The second kappa shape index (κ2) is 2.28. The summed E-state index contributed by atoms with van der Waals surface area (Å²) in [6.07, 6.45) is 6.53. The Kier molecular flexibility index (Phi) is 1.38. The van der Waals surface area contributed by atoms with Gasteiger partial charge in [-0.25, -0.2) is 0 Å². The summed E-state index contributed by atoms with van der Waals surface area (Å²) in [4.78, 5) is 11.5. The Balaban J connectivity index is 1.88. The molecule has 1 amide bonds. The maximum Gasteiger partial charge on any atom is 0.223 e. The molecule has 2 bridgehead atoms. The van der Waals surface area contributed by atoms with Crippen LogP contribution in [0.1, 0.15) is 39.0 Å². The van der Waals surface area contributed by atoms with E-state index in [0.717, 1.165) is 18.3 Å². The smallest absolute Gasteiger partial charge is 0.223 e. The summed E-state index contributed by atoms with van der Waals surface area (Å²) in [5.41, 5.74) is 0.249. The quantitative estimate of drug-likeness (QED) is 0.602. The van der Waals surface area contributed by atoms with Gasteiger partial charge in [0.1, 0.15) is 0 Å². The van der Waals surface area contributed by atoms with E-state index >= 15 is 0 Å². The molecule has 4 atom stereocenters. The summed E-state index contributed by atoms with van der Waals surface area (Å²) < 4.78 is 0. The summed E-state index contributed by atoms with van der Waals surface area (Å²) in [5.74, 6) is 2.30. The number of amides is 1. The maximum absolute atomic E-state index is 11.5. The van der Waals surface area contributed by atoms with Gasteiger partial charge in [-0.05, 0) is 43.9 Å². The van der Waals surface area contributed by atoms with Crippen LogP contribution in [-0.4, -0.2) is 11.4 Å². The SMILES string of the molecule is CC1CC2(CC3CCC2C3)NC1=O. The Morgan fingerprint density at radius 3 is 2.69 bits per heavy atom. The van der Waals surface area contributed by atoms with Gasteiger partial charge >= 0.3 is 0 Å². The first kappa shape index (κ1) is 7.84. The topological polar surface area (TPSA) is 29.1 Å². The molecule has 72 valence electrons. The van der Waals surface area contributed by atoms with Gasteiger partial charge in [0.25, 0.3) is 0 Å². The number of hydrogen-bond acceptors (Lipinski definition) is 1. The minimum Gasteiger partial charge on any atom is -0.350 e. The number of rotatable bonds is 0. The third kappa shape index (κ3) is 0.918. The van der Waals surface area contributed by atoms with Gasteiger partial charge in [-0.2, -0.15) is 0 Å². The number of carbonyl (C=O) groups is 1. The highest BCUT2D eigenvalue weighted by molar-refractivity contribution is 5.82. The summed E-state index contributed by atoms with van der Waals surface area (Å²) in [6.45, 7) is 2.07. The third-order valence-electron chi connectivity index (χ3n) is 4.47. The van der Waals surface area contributed by atoms with Crippen molar-refractivity contribution in [2.45, 2.75) is 44.6 Å². The van der Waals surface area contributed by atoms with Gasteiger partial charge in [-0.15, -0.1) is 0 Å². The molecule has 4 unspecified atom stereocenters. The zero-order valence-corrected chi connectivity index (χ0v) is 8.18. The van der Waals surface area contributed by atoms with Crippen LogP contribution in [0, 0.1) is 17.8 Å². The molecule has 2 heteroatoms. The molecule has 0 radical (unpaired) electrons. The maximum atomic E-state index is 11.5. The molecule has 1 heterocycles. The van der Waals surface area contributed by atoms with Crippen molar-refractivity contribution in [3.05, 3.63) is 0 Å². The van der Waals surface area contributed by atoms with Crippen molar-refractivity contribution in [2.75, 3.05) is 0 Å². The van der Waals surface area contributed by atoms with Gasteiger partial charge in [0, 0.05) is 11.5 Å². The van der Waals surface area contributed by atoms with Gasteiger partial charge in [0.2, 0.25) is 5.91 Å². The monoisotopic (exact) mass is 179 g/mol. The Bertz CT molecular complexity index is 263. The summed E-state index contributed by atoms with van der Waals surface area (Å²) in [5, 5.41) is 3.27. The van der Waals surface area contributed by atoms with E-state index < -0.39 is 0 Å². The van der Waals surface area contributed by atoms with E-state index in [1.54, 1.807) is 0 Å². The van der Waals surface area contributed by atoms with Crippen molar-refractivity contribution in [2.24, 2.45) is 17.8 Å². The molecule has 2 nitrogen and oxygen atoms in total. The van der Waals surface area contributed by atoms with E-state index in [0.29, 0.717) is 5.91 Å². The Labute approximate surface area is 79.1 Å². The summed E-state index contributed by atoms with van der Waals surface area (Å²) in [7, 11) is 0. The highest BCUT2D eigenvalue weighted by Crippen LogP contribution is 2.54. The number of nitrogens with one attached hydrogen (secondary N) is 1. The first-order valence-electron chi connectivity index (χ1n) is 5.52. The van der Waals surface area contributed by atoms with E-state index in [1.165, 1.54) is 25.7 Å². The molecule has 1 aliphatic heterocycles. The van der Waals surface area contributed by atoms with Crippen LogP contribution in [0.15, 0.2) is 0 Å². The fourth-order valence-electron chi connectivity index (χ4n) is 3.91. The lowest BCUT2D eigenvalue weighted by Crippen LogP contribution is -2.45. The Hall–Kier alpha value is -0.530. The molecule has 0 aromatic heterocycles. The molecule has 2 saturated carbocycles. The number of carbonyl (C=O) groups excluding carboxylic acids is 1. The van der Waals surface area contributed by atoms with Crippen LogP contribution in [0.25, 0.3) is 0 Å². The minimum absolute atomic E-state index is 0.249. The molecule has 0 aromatic carbocycles. The lowest BCUT2D eigenvalue weighted by Gasteiger charge is -2.33. The van der Waals surface area contributed by atoms with Crippen molar-refractivity contribution in [1.82, 2.24) is 5.32 Å². The Morgan fingerprint density at radius 2 is 2.23 bits per heavy atom. The van der Waals surface area contributed by atoms with Crippen LogP contribution in [0.2, 0.25) is 0 Å². The molecule has 1 saturated heterocycles. The van der Waals surface area contributed by atoms with Crippen molar-refractivity contribution >= 4 is 5.91 Å². The molecular formula is C11H17NO. The van der Waals surface area contributed by atoms with Crippen molar-refractivity contribution in [3.8, 4) is 0 Å². The molecule has 13 heavy (non-hydrogen) atoms. The van der Waals surface area contributed by atoms with Crippen molar-refractivity contribution in [1.29, 1.82) is 0 Å². The average Bonchev–Trinajstić information content (AvgIpc) is 2.68. The van der Waals surface area contributed by atoms with E-state index in [-0.39, 0.29) is 11.5 Å². The zero-order valence-electron chi connectivity index (χ0n) is 8.18. The standard InChI is InChI=1S/C11H17NO/c1-7-5-11(12-10(7)13)6-8-2-3-9(11)4-8/h7-9H,2-6H2,1H3,(H,12,13). The first-order valence-corrected chi connectivity index (χ1v) is 5.52. The largest absolute Gasteiger partial charge is 0.350 e. The highest BCUT2D eigenvalue weighted by Gasteiger charge is 2.55. The predicted octanol–water partition coefficient (Wildman–Crippen LogP) is 1.70. The van der Waals surface area contributed by atoms with Gasteiger partial charge < -0.3 is 5.32 Å². The highest BCUT2D eigenvalue weighted by atomic mass is 16.2. The van der Waals surface area contributed by atoms with Crippen LogP contribution < -0.4 is 5.32 Å². The second-order valence-electron chi connectivity index (χ2n) is 5.33. The van der Waals surface area contributed by atoms with Gasteiger partial charge in [0.15, 0.2) is 0 Å². The molecule has 3 fully saturated rings. The zero-order chi connectivity index (χ0) is 9.05. The van der Waals surface area contributed by atoms with Crippen LogP contribution in [0.3, 0.4) is 0 Å².